The molecule has 0 bridgehead atoms. The van der Waals surface area contributed by atoms with Crippen LogP contribution in [0, 0.1) is 6.92 Å². The van der Waals surface area contributed by atoms with Gasteiger partial charge in [-0.25, -0.2) is 4.98 Å². The van der Waals surface area contributed by atoms with E-state index in [2.05, 4.69) is 31.2 Å². The fourth-order valence-corrected chi connectivity index (χ4v) is 1.71. The number of pyridine rings is 2. The van der Waals surface area contributed by atoms with Crippen LogP contribution in [0.1, 0.15) is 5.56 Å². The van der Waals surface area contributed by atoms with Gasteiger partial charge in [0, 0.05) is 10.7 Å². The predicted octanol–water partition coefficient (Wildman–Crippen LogP) is 2.17. The third-order valence-electron chi connectivity index (χ3n) is 2.31. The van der Waals surface area contributed by atoms with E-state index in [1.165, 1.54) is 0 Å². The average Bonchev–Trinajstić information content (AvgIpc) is 2.30. The molecular weight excluding hydrogens is 284 g/mol. The molecular formula is C11H11BrN4O. The van der Waals surface area contributed by atoms with Crippen molar-refractivity contribution in [3.8, 4) is 0 Å². The molecule has 0 aliphatic rings. The fraction of sp³-hybridized carbons (Fsp3) is 0.0909. The van der Waals surface area contributed by atoms with Gasteiger partial charge in [0.2, 0.25) is 0 Å². The monoisotopic (exact) mass is 294 g/mol. The lowest BCUT2D eigenvalue weighted by Gasteiger charge is -2.09. The van der Waals surface area contributed by atoms with E-state index in [0.717, 1.165) is 10.0 Å². The molecule has 0 saturated carbocycles. The van der Waals surface area contributed by atoms with Crippen molar-refractivity contribution in [3.63, 3.8) is 0 Å². The number of aromatic amines is 1. The number of halogens is 1. The molecule has 0 radical (unpaired) electrons. The summed E-state index contributed by atoms with van der Waals surface area (Å²) < 4.78 is 0.823. The van der Waals surface area contributed by atoms with E-state index in [1.54, 1.807) is 24.4 Å². The first kappa shape index (κ1) is 11.7. The van der Waals surface area contributed by atoms with Crippen LogP contribution >= 0.6 is 15.9 Å². The normalized spacial score (nSPS) is 10.2. The van der Waals surface area contributed by atoms with Gasteiger partial charge in [-0.3, -0.25) is 4.79 Å². The first-order valence-corrected chi connectivity index (χ1v) is 5.74. The van der Waals surface area contributed by atoms with Gasteiger partial charge in [0.1, 0.15) is 17.3 Å². The van der Waals surface area contributed by atoms with Crippen molar-refractivity contribution in [2.75, 3.05) is 11.1 Å². The summed E-state index contributed by atoms with van der Waals surface area (Å²) in [7, 11) is 0. The second-order valence-electron chi connectivity index (χ2n) is 3.54. The molecule has 0 aliphatic heterocycles. The van der Waals surface area contributed by atoms with Gasteiger partial charge >= 0.3 is 0 Å². The Bertz CT molecular complexity index is 609. The fourth-order valence-electron chi connectivity index (χ4n) is 1.40. The predicted molar refractivity (Wildman–Crippen MR) is 71.4 cm³/mol. The number of H-pyrrole nitrogens is 1. The van der Waals surface area contributed by atoms with Crippen molar-refractivity contribution < 1.29 is 0 Å². The zero-order valence-electron chi connectivity index (χ0n) is 9.12. The minimum absolute atomic E-state index is 0.199. The summed E-state index contributed by atoms with van der Waals surface area (Å²) in [6.07, 6.45) is 1.61. The van der Waals surface area contributed by atoms with E-state index in [9.17, 15) is 4.79 Å². The minimum Gasteiger partial charge on any atom is -0.384 e. The van der Waals surface area contributed by atoms with Gasteiger partial charge in [-0.2, -0.15) is 0 Å². The highest BCUT2D eigenvalue weighted by molar-refractivity contribution is 9.10. The number of rotatable bonds is 2. The van der Waals surface area contributed by atoms with Crippen molar-refractivity contribution in [2.45, 2.75) is 6.92 Å². The molecule has 0 saturated heterocycles. The molecule has 6 heteroatoms. The molecule has 2 aromatic heterocycles. The molecule has 0 aromatic carbocycles. The maximum atomic E-state index is 11.7. The van der Waals surface area contributed by atoms with Gasteiger partial charge in [0.05, 0.1) is 0 Å². The Morgan fingerprint density at radius 1 is 1.47 bits per heavy atom. The highest BCUT2D eigenvalue weighted by atomic mass is 79.9. The Morgan fingerprint density at radius 2 is 2.24 bits per heavy atom. The average molecular weight is 295 g/mol. The number of nitrogens with two attached hydrogens (primary N) is 1. The van der Waals surface area contributed by atoms with E-state index in [4.69, 9.17) is 5.73 Å². The summed E-state index contributed by atoms with van der Waals surface area (Å²) in [6, 6.07) is 5.20. The van der Waals surface area contributed by atoms with Crippen LogP contribution in [0.3, 0.4) is 0 Å². The Kier molecular flexibility index (Phi) is 3.14. The second kappa shape index (κ2) is 4.58. The zero-order valence-corrected chi connectivity index (χ0v) is 10.7. The van der Waals surface area contributed by atoms with Crippen molar-refractivity contribution in [2.24, 2.45) is 0 Å². The van der Waals surface area contributed by atoms with E-state index in [0.29, 0.717) is 17.3 Å². The van der Waals surface area contributed by atoms with Crippen LogP contribution < -0.4 is 16.6 Å². The summed E-state index contributed by atoms with van der Waals surface area (Å²) in [5.41, 5.74) is 6.65. The third kappa shape index (κ3) is 2.47. The van der Waals surface area contributed by atoms with Gasteiger partial charge in [-0.15, -0.1) is 0 Å². The van der Waals surface area contributed by atoms with E-state index >= 15 is 0 Å². The number of anilines is 3. The molecule has 2 heterocycles. The van der Waals surface area contributed by atoms with Crippen molar-refractivity contribution in [3.05, 3.63) is 44.8 Å². The van der Waals surface area contributed by atoms with Crippen molar-refractivity contribution >= 4 is 33.3 Å². The highest BCUT2D eigenvalue weighted by Crippen LogP contribution is 2.21. The lowest BCUT2D eigenvalue weighted by atomic mass is 10.2. The topological polar surface area (TPSA) is 83.8 Å². The van der Waals surface area contributed by atoms with Crippen LogP contribution in [0.15, 0.2) is 33.7 Å². The molecule has 2 rings (SSSR count). The molecule has 5 nitrogen and oxygen atoms in total. The number of nitrogens with zero attached hydrogens (tertiary/aromatic N) is 1. The number of hydrogen-bond acceptors (Lipinski definition) is 4. The molecule has 0 amide bonds. The molecule has 2 aromatic rings. The molecule has 0 fully saturated rings. The summed E-state index contributed by atoms with van der Waals surface area (Å²) in [4.78, 5) is 18.4. The Labute approximate surface area is 106 Å². The molecule has 88 valence electrons. The lowest BCUT2D eigenvalue weighted by molar-refractivity contribution is 1.18. The molecule has 17 heavy (non-hydrogen) atoms. The van der Waals surface area contributed by atoms with Gasteiger partial charge in [-0.1, -0.05) is 6.07 Å². The van der Waals surface area contributed by atoms with Crippen LogP contribution in [0.2, 0.25) is 0 Å². The van der Waals surface area contributed by atoms with Crippen LogP contribution in [-0.2, 0) is 0 Å². The highest BCUT2D eigenvalue weighted by Gasteiger charge is 2.08. The standard InChI is InChI=1S/C11H11BrN4O/c1-6-7(12)5-14-11(17)10(6)16-9-4-2-3-8(13)15-9/h2-5H,1H3,(H,14,17)(H3,13,15,16). The van der Waals surface area contributed by atoms with Crippen molar-refractivity contribution in [1.82, 2.24) is 9.97 Å². The van der Waals surface area contributed by atoms with Gasteiger partial charge in [0.15, 0.2) is 0 Å². The Hall–Kier alpha value is -1.82. The first-order chi connectivity index (χ1) is 8.08. The first-order valence-electron chi connectivity index (χ1n) is 4.95. The maximum Gasteiger partial charge on any atom is 0.272 e. The smallest absolute Gasteiger partial charge is 0.272 e. The van der Waals surface area contributed by atoms with Gasteiger partial charge in [0.25, 0.3) is 5.56 Å². The van der Waals surface area contributed by atoms with Crippen LogP contribution in [0.5, 0.6) is 0 Å². The number of aromatic nitrogens is 2. The molecule has 0 unspecified atom stereocenters. The van der Waals surface area contributed by atoms with Crippen LogP contribution in [0.25, 0.3) is 0 Å². The number of nitrogen functional groups attached to an aromatic ring is 1. The summed E-state index contributed by atoms with van der Waals surface area (Å²) in [5, 5.41) is 2.96. The third-order valence-corrected chi connectivity index (χ3v) is 3.14. The molecule has 0 aliphatic carbocycles. The van der Waals surface area contributed by atoms with E-state index in [1.807, 2.05) is 6.92 Å². The second-order valence-corrected chi connectivity index (χ2v) is 4.39. The summed E-state index contributed by atoms with van der Waals surface area (Å²) >= 11 is 3.35. The van der Waals surface area contributed by atoms with Gasteiger partial charge < -0.3 is 16.0 Å². The summed E-state index contributed by atoms with van der Waals surface area (Å²) in [6.45, 7) is 1.84. The van der Waals surface area contributed by atoms with E-state index < -0.39 is 0 Å². The van der Waals surface area contributed by atoms with Crippen molar-refractivity contribution in [1.29, 1.82) is 0 Å². The summed E-state index contributed by atoms with van der Waals surface area (Å²) in [5.74, 6) is 0.941. The molecule has 0 atom stereocenters. The lowest BCUT2D eigenvalue weighted by Crippen LogP contribution is -2.13. The van der Waals surface area contributed by atoms with Crippen LogP contribution in [0.4, 0.5) is 17.3 Å². The number of nitrogens with one attached hydrogen (secondary N) is 2. The Morgan fingerprint density at radius 3 is 2.94 bits per heavy atom. The zero-order chi connectivity index (χ0) is 12.4. The minimum atomic E-state index is -0.199. The molecule has 0 spiro atoms. The Balaban J connectivity index is 2.43. The SMILES string of the molecule is Cc1c(Br)c[nH]c(=O)c1Nc1cccc(N)n1. The van der Waals surface area contributed by atoms with Crippen LogP contribution in [-0.4, -0.2) is 9.97 Å². The largest absolute Gasteiger partial charge is 0.384 e. The maximum absolute atomic E-state index is 11.7. The van der Waals surface area contributed by atoms with Gasteiger partial charge in [-0.05, 0) is 40.5 Å². The molecule has 4 N–H and O–H groups in total. The number of hydrogen-bond donors (Lipinski definition) is 3. The van der Waals surface area contributed by atoms with E-state index in [-0.39, 0.29) is 5.56 Å². The quantitative estimate of drug-likeness (QED) is 0.792.